The van der Waals surface area contributed by atoms with Gasteiger partial charge in [-0.15, -0.1) is 0 Å². The first-order valence-electron chi connectivity index (χ1n) is 4.03. The Morgan fingerprint density at radius 1 is 1.31 bits per heavy atom. The Labute approximate surface area is 75.8 Å². The molecule has 2 aromatic heterocycles. The highest BCUT2D eigenvalue weighted by atomic mass is 15.2. The number of nitrogens with one attached hydrogen (secondary N) is 1. The third kappa shape index (κ3) is 1.22. The molecule has 5 nitrogen and oxygen atoms in total. The summed E-state index contributed by atoms with van der Waals surface area (Å²) in [5.74, 6) is 1.73. The molecule has 0 saturated carbocycles. The molecule has 0 aliphatic rings. The van der Waals surface area contributed by atoms with Gasteiger partial charge in [-0.25, -0.2) is 15.0 Å². The molecule has 2 heterocycles. The van der Waals surface area contributed by atoms with Gasteiger partial charge in [0.1, 0.15) is 17.7 Å². The van der Waals surface area contributed by atoms with E-state index in [0.717, 1.165) is 22.8 Å². The van der Waals surface area contributed by atoms with Gasteiger partial charge >= 0.3 is 0 Å². The molecule has 0 bridgehead atoms. The fraction of sp³-hybridized carbons (Fsp3) is 0.375. The molecular formula is C8H11N5. The van der Waals surface area contributed by atoms with E-state index in [9.17, 15) is 0 Å². The Bertz CT molecular complexity index is 431. The molecule has 0 unspecified atom stereocenters. The summed E-state index contributed by atoms with van der Waals surface area (Å²) < 4.78 is 0. The van der Waals surface area contributed by atoms with Crippen molar-refractivity contribution in [3.63, 3.8) is 0 Å². The van der Waals surface area contributed by atoms with Gasteiger partial charge in [-0.2, -0.15) is 0 Å². The first kappa shape index (κ1) is 7.97. The molecule has 68 valence electrons. The SMILES string of the molecule is Cc1nc2ncnc(N(C)C)c2[nH]1. The molecule has 5 heteroatoms. The third-order valence-electron chi connectivity index (χ3n) is 1.81. The fourth-order valence-electron chi connectivity index (χ4n) is 1.27. The highest BCUT2D eigenvalue weighted by Gasteiger charge is 2.08. The summed E-state index contributed by atoms with van der Waals surface area (Å²) in [6, 6.07) is 0. The molecule has 0 atom stereocenters. The summed E-state index contributed by atoms with van der Waals surface area (Å²) in [5, 5.41) is 0. The van der Waals surface area contributed by atoms with Crippen LogP contribution in [0.2, 0.25) is 0 Å². The second-order valence-corrected chi connectivity index (χ2v) is 3.11. The molecule has 0 aromatic carbocycles. The molecule has 0 fully saturated rings. The Balaban J connectivity index is 2.75. The zero-order valence-corrected chi connectivity index (χ0v) is 7.87. The van der Waals surface area contributed by atoms with Crippen molar-refractivity contribution in [2.45, 2.75) is 6.92 Å². The number of anilines is 1. The summed E-state index contributed by atoms with van der Waals surface area (Å²) in [7, 11) is 3.88. The Morgan fingerprint density at radius 3 is 2.77 bits per heavy atom. The van der Waals surface area contributed by atoms with E-state index in [2.05, 4.69) is 19.9 Å². The smallest absolute Gasteiger partial charge is 0.183 e. The van der Waals surface area contributed by atoms with Crippen LogP contribution in [0.3, 0.4) is 0 Å². The van der Waals surface area contributed by atoms with E-state index in [0.29, 0.717) is 0 Å². The van der Waals surface area contributed by atoms with Gasteiger partial charge in [0.25, 0.3) is 0 Å². The van der Waals surface area contributed by atoms with Crippen molar-refractivity contribution >= 4 is 17.0 Å². The van der Waals surface area contributed by atoms with Crippen LogP contribution in [-0.2, 0) is 0 Å². The number of H-pyrrole nitrogens is 1. The number of fused-ring (bicyclic) bond motifs is 1. The van der Waals surface area contributed by atoms with Gasteiger partial charge in [-0.1, -0.05) is 0 Å². The lowest BCUT2D eigenvalue weighted by atomic mass is 10.5. The van der Waals surface area contributed by atoms with Crippen LogP contribution in [0.1, 0.15) is 5.82 Å². The van der Waals surface area contributed by atoms with Crippen molar-refractivity contribution in [1.29, 1.82) is 0 Å². The third-order valence-corrected chi connectivity index (χ3v) is 1.81. The van der Waals surface area contributed by atoms with Crippen molar-refractivity contribution in [2.24, 2.45) is 0 Å². The molecule has 13 heavy (non-hydrogen) atoms. The van der Waals surface area contributed by atoms with Crippen LogP contribution in [0.5, 0.6) is 0 Å². The van der Waals surface area contributed by atoms with E-state index >= 15 is 0 Å². The fourth-order valence-corrected chi connectivity index (χ4v) is 1.27. The van der Waals surface area contributed by atoms with Gasteiger partial charge in [-0.3, -0.25) is 0 Å². The minimum Gasteiger partial charge on any atom is -0.361 e. The van der Waals surface area contributed by atoms with Gasteiger partial charge in [0.15, 0.2) is 11.5 Å². The summed E-state index contributed by atoms with van der Waals surface area (Å²) >= 11 is 0. The van der Waals surface area contributed by atoms with Crippen LogP contribution in [0.4, 0.5) is 5.82 Å². The van der Waals surface area contributed by atoms with Crippen molar-refractivity contribution in [1.82, 2.24) is 19.9 Å². The van der Waals surface area contributed by atoms with Crippen molar-refractivity contribution in [2.75, 3.05) is 19.0 Å². The average Bonchev–Trinajstić information content (AvgIpc) is 2.43. The molecule has 1 N–H and O–H groups in total. The van der Waals surface area contributed by atoms with Crippen LogP contribution >= 0.6 is 0 Å². The largest absolute Gasteiger partial charge is 0.361 e. The van der Waals surface area contributed by atoms with Crippen LogP contribution in [0.25, 0.3) is 11.2 Å². The monoisotopic (exact) mass is 177 g/mol. The lowest BCUT2D eigenvalue weighted by Gasteiger charge is -2.10. The Hall–Kier alpha value is -1.65. The number of aromatic amines is 1. The minimum atomic E-state index is 0.719. The van der Waals surface area contributed by atoms with E-state index < -0.39 is 0 Å². The van der Waals surface area contributed by atoms with Crippen LogP contribution in [-0.4, -0.2) is 34.0 Å². The number of aromatic nitrogens is 4. The first-order chi connectivity index (χ1) is 6.18. The van der Waals surface area contributed by atoms with Gasteiger partial charge in [0.05, 0.1) is 0 Å². The zero-order valence-electron chi connectivity index (χ0n) is 7.87. The van der Waals surface area contributed by atoms with Crippen molar-refractivity contribution in [3.05, 3.63) is 12.2 Å². The number of imidazole rings is 1. The topological polar surface area (TPSA) is 57.7 Å². The number of nitrogens with zero attached hydrogens (tertiary/aromatic N) is 4. The van der Waals surface area contributed by atoms with Crippen LogP contribution in [0.15, 0.2) is 6.33 Å². The first-order valence-corrected chi connectivity index (χ1v) is 4.03. The molecule has 0 aliphatic heterocycles. The maximum absolute atomic E-state index is 4.22. The maximum Gasteiger partial charge on any atom is 0.183 e. The summed E-state index contributed by atoms with van der Waals surface area (Å²) in [6.07, 6.45) is 1.53. The normalized spacial score (nSPS) is 10.7. The lowest BCUT2D eigenvalue weighted by molar-refractivity contribution is 1.05. The quantitative estimate of drug-likeness (QED) is 0.697. The highest BCUT2D eigenvalue weighted by Crippen LogP contribution is 2.17. The van der Waals surface area contributed by atoms with Crippen LogP contribution in [0, 0.1) is 6.92 Å². The molecular weight excluding hydrogens is 166 g/mol. The summed E-state index contributed by atoms with van der Waals surface area (Å²) in [4.78, 5) is 17.5. The van der Waals surface area contributed by atoms with E-state index in [1.54, 1.807) is 0 Å². The van der Waals surface area contributed by atoms with Gasteiger partial charge in [0.2, 0.25) is 0 Å². The van der Waals surface area contributed by atoms with E-state index in [4.69, 9.17) is 0 Å². The molecule has 2 rings (SSSR count). The number of hydrogen-bond acceptors (Lipinski definition) is 4. The lowest BCUT2D eigenvalue weighted by Crippen LogP contribution is -2.11. The Morgan fingerprint density at radius 2 is 2.08 bits per heavy atom. The minimum absolute atomic E-state index is 0.719. The molecule has 0 spiro atoms. The molecule has 0 amide bonds. The van der Waals surface area contributed by atoms with Gasteiger partial charge < -0.3 is 9.88 Å². The molecule has 0 aliphatic carbocycles. The van der Waals surface area contributed by atoms with Crippen molar-refractivity contribution < 1.29 is 0 Å². The summed E-state index contributed by atoms with van der Waals surface area (Å²) in [5.41, 5.74) is 1.61. The maximum atomic E-state index is 4.22. The summed E-state index contributed by atoms with van der Waals surface area (Å²) in [6.45, 7) is 1.90. The number of hydrogen-bond donors (Lipinski definition) is 1. The van der Waals surface area contributed by atoms with Gasteiger partial charge in [-0.05, 0) is 6.92 Å². The molecule has 0 radical (unpaired) electrons. The Kier molecular flexibility index (Phi) is 1.65. The van der Waals surface area contributed by atoms with E-state index in [-0.39, 0.29) is 0 Å². The predicted molar refractivity (Wildman–Crippen MR) is 50.7 cm³/mol. The zero-order chi connectivity index (χ0) is 9.42. The second-order valence-electron chi connectivity index (χ2n) is 3.11. The average molecular weight is 177 g/mol. The number of rotatable bonds is 1. The van der Waals surface area contributed by atoms with E-state index in [1.165, 1.54) is 6.33 Å². The number of aryl methyl sites for hydroxylation is 1. The molecule has 2 aromatic rings. The predicted octanol–water partition coefficient (Wildman–Crippen LogP) is 0.727. The van der Waals surface area contributed by atoms with Crippen molar-refractivity contribution in [3.8, 4) is 0 Å². The highest BCUT2D eigenvalue weighted by molar-refractivity contribution is 5.82. The standard InChI is InChI=1S/C8H11N5/c1-5-11-6-7(12-5)9-4-10-8(6)13(2)3/h4H,1-3H3,(H,9,10,11,12). The van der Waals surface area contributed by atoms with E-state index in [1.807, 2.05) is 25.9 Å². The van der Waals surface area contributed by atoms with Gasteiger partial charge in [0, 0.05) is 14.1 Å². The van der Waals surface area contributed by atoms with Crippen LogP contribution < -0.4 is 4.90 Å². The second kappa shape index (κ2) is 2.69. The molecule has 0 saturated heterocycles.